The van der Waals surface area contributed by atoms with Crippen molar-refractivity contribution in [3.8, 4) is 5.75 Å². The van der Waals surface area contributed by atoms with E-state index in [1.54, 1.807) is 19.5 Å². The summed E-state index contributed by atoms with van der Waals surface area (Å²) in [6.45, 7) is 1.29. The van der Waals surface area contributed by atoms with Gasteiger partial charge in [-0.25, -0.2) is 4.98 Å². The fourth-order valence-electron chi connectivity index (χ4n) is 3.49. The van der Waals surface area contributed by atoms with E-state index < -0.39 is 0 Å². The first kappa shape index (κ1) is 17.3. The van der Waals surface area contributed by atoms with Gasteiger partial charge in [-0.05, 0) is 41.8 Å². The minimum absolute atomic E-state index is 0.147. The second kappa shape index (κ2) is 7.61. The molecular formula is C21H22N4O2. The number of aromatic nitrogens is 3. The number of imidazole rings is 1. The molecule has 2 aromatic heterocycles. The van der Waals surface area contributed by atoms with Gasteiger partial charge in [0.15, 0.2) is 0 Å². The first-order valence-corrected chi connectivity index (χ1v) is 9.10. The van der Waals surface area contributed by atoms with Gasteiger partial charge in [0.1, 0.15) is 17.3 Å². The van der Waals surface area contributed by atoms with Crippen molar-refractivity contribution in [1.82, 2.24) is 19.9 Å². The Bertz CT molecular complexity index is 936. The lowest BCUT2D eigenvalue weighted by Crippen LogP contribution is -2.23. The van der Waals surface area contributed by atoms with Crippen LogP contribution in [0.25, 0.3) is 0 Å². The molecule has 1 amide bonds. The molecule has 1 aliphatic rings. The summed E-state index contributed by atoms with van der Waals surface area (Å²) in [5.74, 6) is 2.10. The van der Waals surface area contributed by atoms with Crippen LogP contribution >= 0.6 is 0 Å². The van der Waals surface area contributed by atoms with Gasteiger partial charge in [0.2, 0.25) is 0 Å². The molecule has 138 valence electrons. The number of carbonyl (C=O) groups excluding carboxylic acids is 1. The lowest BCUT2D eigenvalue weighted by Gasteiger charge is -2.24. The van der Waals surface area contributed by atoms with Crippen LogP contribution in [0, 0.1) is 0 Å². The Labute approximate surface area is 158 Å². The SMILES string of the molecule is COc1cccc(C2CCc3nc(C(=O)NCc4ccncc4)cn3C2)c1. The highest BCUT2D eigenvalue weighted by atomic mass is 16.5. The summed E-state index contributed by atoms with van der Waals surface area (Å²) in [6.07, 6.45) is 7.18. The maximum atomic E-state index is 12.5. The number of amides is 1. The first-order chi connectivity index (χ1) is 13.2. The first-order valence-electron chi connectivity index (χ1n) is 9.10. The molecule has 1 N–H and O–H groups in total. The lowest BCUT2D eigenvalue weighted by molar-refractivity contribution is 0.0946. The van der Waals surface area contributed by atoms with Crippen molar-refractivity contribution in [3.05, 3.63) is 77.6 Å². The summed E-state index contributed by atoms with van der Waals surface area (Å²) in [5, 5.41) is 2.92. The van der Waals surface area contributed by atoms with Crippen molar-refractivity contribution < 1.29 is 9.53 Å². The van der Waals surface area contributed by atoms with E-state index >= 15 is 0 Å². The number of hydrogen-bond donors (Lipinski definition) is 1. The maximum Gasteiger partial charge on any atom is 0.271 e. The Morgan fingerprint density at radius 3 is 2.96 bits per heavy atom. The fraction of sp³-hybridized carbons (Fsp3) is 0.286. The summed E-state index contributed by atoms with van der Waals surface area (Å²) in [5.41, 5.74) is 2.75. The number of aryl methyl sites for hydroxylation is 1. The molecule has 0 fully saturated rings. The summed E-state index contributed by atoms with van der Waals surface area (Å²) < 4.78 is 7.44. The third kappa shape index (κ3) is 3.84. The van der Waals surface area contributed by atoms with Crippen LogP contribution in [0.4, 0.5) is 0 Å². The topological polar surface area (TPSA) is 69.0 Å². The van der Waals surface area contributed by atoms with Crippen molar-refractivity contribution in [2.75, 3.05) is 7.11 Å². The largest absolute Gasteiger partial charge is 0.497 e. The van der Waals surface area contributed by atoms with Crippen molar-refractivity contribution in [1.29, 1.82) is 0 Å². The van der Waals surface area contributed by atoms with Gasteiger partial charge < -0.3 is 14.6 Å². The smallest absolute Gasteiger partial charge is 0.271 e. The molecule has 0 radical (unpaired) electrons. The Morgan fingerprint density at radius 2 is 2.15 bits per heavy atom. The van der Waals surface area contributed by atoms with Gasteiger partial charge in [0.05, 0.1) is 7.11 Å². The standard InChI is InChI=1S/C21H22N4O2/c1-27-18-4-2-3-16(11-18)17-5-6-20-24-19(14-25(20)13-17)21(26)23-12-15-7-9-22-10-8-15/h2-4,7-11,14,17H,5-6,12-13H2,1H3,(H,23,26). The highest BCUT2D eigenvalue weighted by molar-refractivity contribution is 5.92. The predicted octanol–water partition coefficient (Wildman–Crippen LogP) is 2.95. The number of hydrogen-bond acceptors (Lipinski definition) is 4. The minimum atomic E-state index is -0.147. The normalized spacial score (nSPS) is 15.8. The third-order valence-electron chi connectivity index (χ3n) is 4.99. The average molecular weight is 362 g/mol. The zero-order chi connectivity index (χ0) is 18.6. The number of fused-ring (bicyclic) bond motifs is 1. The van der Waals surface area contributed by atoms with E-state index in [1.165, 1.54) is 5.56 Å². The quantitative estimate of drug-likeness (QED) is 0.758. The summed E-state index contributed by atoms with van der Waals surface area (Å²) >= 11 is 0. The van der Waals surface area contributed by atoms with E-state index in [9.17, 15) is 4.79 Å². The molecule has 0 spiro atoms. The van der Waals surface area contributed by atoms with Crippen molar-refractivity contribution in [2.24, 2.45) is 0 Å². The molecule has 6 nitrogen and oxygen atoms in total. The number of benzene rings is 1. The van der Waals surface area contributed by atoms with E-state index in [1.807, 2.05) is 30.5 Å². The van der Waals surface area contributed by atoms with Gasteiger partial charge >= 0.3 is 0 Å². The van der Waals surface area contributed by atoms with Gasteiger partial charge in [0.25, 0.3) is 5.91 Å². The van der Waals surface area contributed by atoms with Crippen LogP contribution in [0.5, 0.6) is 5.75 Å². The predicted molar refractivity (Wildman–Crippen MR) is 102 cm³/mol. The van der Waals surface area contributed by atoms with E-state index in [0.29, 0.717) is 18.2 Å². The lowest BCUT2D eigenvalue weighted by atomic mass is 9.91. The number of nitrogens with one attached hydrogen (secondary N) is 1. The summed E-state index contributed by atoms with van der Waals surface area (Å²) in [4.78, 5) is 21.0. The molecule has 0 bridgehead atoms. The molecule has 1 aromatic carbocycles. The van der Waals surface area contributed by atoms with Gasteiger partial charge in [-0.2, -0.15) is 0 Å². The molecule has 1 atom stereocenters. The Hall–Kier alpha value is -3.15. The Morgan fingerprint density at radius 1 is 1.30 bits per heavy atom. The summed E-state index contributed by atoms with van der Waals surface area (Å²) in [6, 6.07) is 12.0. The number of rotatable bonds is 5. The fourth-order valence-corrected chi connectivity index (χ4v) is 3.49. The second-order valence-electron chi connectivity index (χ2n) is 6.75. The van der Waals surface area contributed by atoms with Crippen LogP contribution in [0.1, 0.15) is 39.8 Å². The van der Waals surface area contributed by atoms with Crippen LogP contribution in [0.15, 0.2) is 55.0 Å². The minimum Gasteiger partial charge on any atom is -0.497 e. The van der Waals surface area contributed by atoms with Crippen LogP contribution in [-0.4, -0.2) is 27.6 Å². The van der Waals surface area contributed by atoms with Crippen LogP contribution in [-0.2, 0) is 19.5 Å². The van der Waals surface area contributed by atoms with Crippen LogP contribution < -0.4 is 10.1 Å². The summed E-state index contributed by atoms with van der Waals surface area (Å²) in [7, 11) is 1.69. The number of pyridine rings is 1. The number of nitrogens with zero attached hydrogens (tertiary/aromatic N) is 3. The van der Waals surface area contributed by atoms with Gasteiger partial charge in [-0.1, -0.05) is 12.1 Å². The van der Waals surface area contributed by atoms with E-state index in [4.69, 9.17) is 4.74 Å². The molecule has 3 heterocycles. The molecule has 6 heteroatoms. The molecular weight excluding hydrogens is 340 g/mol. The average Bonchev–Trinajstić information content (AvgIpc) is 3.16. The Balaban J connectivity index is 1.44. The van der Waals surface area contributed by atoms with Crippen molar-refractivity contribution >= 4 is 5.91 Å². The number of methoxy groups -OCH3 is 1. The zero-order valence-corrected chi connectivity index (χ0v) is 15.3. The molecule has 27 heavy (non-hydrogen) atoms. The van der Waals surface area contributed by atoms with E-state index in [2.05, 4.69) is 32.0 Å². The van der Waals surface area contributed by atoms with Gasteiger partial charge in [0, 0.05) is 44.0 Å². The Kier molecular flexibility index (Phi) is 4.87. The highest BCUT2D eigenvalue weighted by Crippen LogP contribution is 2.30. The maximum absolute atomic E-state index is 12.5. The number of ether oxygens (including phenoxy) is 1. The number of carbonyl (C=O) groups is 1. The zero-order valence-electron chi connectivity index (χ0n) is 15.3. The van der Waals surface area contributed by atoms with Gasteiger partial charge in [-0.3, -0.25) is 9.78 Å². The van der Waals surface area contributed by atoms with Gasteiger partial charge in [-0.15, -0.1) is 0 Å². The molecule has 1 aliphatic heterocycles. The van der Waals surface area contributed by atoms with Crippen molar-refractivity contribution in [3.63, 3.8) is 0 Å². The monoisotopic (exact) mass is 362 g/mol. The molecule has 0 saturated heterocycles. The van der Waals surface area contributed by atoms with Crippen LogP contribution in [0.2, 0.25) is 0 Å². The van der Waals surface area contributed by atoms with E-state index in [0.717, 1.165) is 36.5 Å². The third-order valence-corrected chi connectivity index (χ3v) is 4.99. The highest BCUT2D eigenvalue weighted by Gasteiger charge is 2.23. The molecule has 0 aliphatic carbocycles. The molecule has 0 saturated carbocycles. The molecule has 3 aromatic rings. The van der Waals surface area contributed by atoms with Crippen LogP contribution in [0.3, 0.4) is 0 Å². The molecule has 4 rings (SSSR count). The second-order valence-corrected chi connectivity index (χ2v) is 6.75. The van der Waals surface area contributed by atoms with Crippen molar-refractivity contribution in [2.45, 2.75) is 31.8 Å². The molecule has 1 unspecified atom stereocenters. The van der Waals surface area contributed by atoms with E-state index in [-0.39, 0.29) is 5.91 Å².